The van der Waals surface area contributed by atoms with Crippen LogP contribution in [0.1, 0.15) is 63.9 Å². The quantitative estimate of drug-likeness (QED) is 0.735. The molecule has 0 bridgehead atoms. The molecular formula is C25H26O4. The Kier molecular flexibility index (Phi) is 4.65. The molecule has 2 aromatic rings. The summed E-state index contributed by atoms with van der Waals surface area (Å²) in [6.45, 7) is 0. The number of carbonyl (C=O) groups excluding carboxylic acids is 2. The molecule has 0 aromatic heterocycles. The summed E-state index contributed by atoms with van der Waals surface area (Å²) in [5.41, 5.74) is 3.93. The van der Waals surface area contributed by atoms with Gasteiger partial charge in [0.25, 0.3) is 0 Å². The molecule has 4 heteroatoms. The van der Waals surface area contributed by atoms with Gasteiger partial charge in [-0.25, -0.2) is 0 Å². The molecule has 2 aromatic carbocycles. The summed E-state index contributed by atoms with van der Waals surface area (Å²) < 4.78 is 11.4. The average Bonchev–Trinajstić information content (AvgIpc) is 3.47. The molecule has 2 unspecified atom stereocenters. The molecule has 0 saturated heterocycles. The highest BCUT2D eigenvalue weighted by molar-refractivity contribution is 6.00. The summed E-state index contributed by atoms with van der Waals surface area (Å²) in [6.07, 6.45) is 6.44. The fourth-order valence-corrected chi connectivity index (χ4v) is 4.87. The van der Waals surface area contributed by atoms with Crippen molar-refractivity contribution in [1.82, 2.24) is 0 Å². The van der Waals surface area contributed by atoms with E-state index in [-0.39, 0.29) is 23.6 Å². The molecule has 0 spiro atoms. The molecule has 1 fully saturated rings. The molecule has 0 heterocycles. The molecular weight excluding hydrogens is 364 g/mol. The van der Waals surface area contributed by atoms with Gasteiger partial charge in [-0.05, 0) is 73.9 Å². The van der Waals surface area contributed by atoms with Crippen LogP contribution in [0.15, 0.2) is 36.4 Å². The lowest BCUT2D eigenvalue weighted by Gasteiger charge is -2.24. The third-order valence-corrected chi connectivity index (χ3v) is 6.68. The second-order valence-electron chi connectivity index (χ2n) is 8.61. The lowest BCUT2D eigenvalue weighted by Crippen LogP contribution is -2.23. The Bertz CT molecular complexity index is 977. The van der Waals surface area contributed by atoms with Gasteiger partial charge in [-0.3, -0.25) is 9.59 Å². The molecule has 3 atom stereocenters. The van der Waals surface area contributed by atoms with Crippen molar-refractivity contribution in [1.29, 1.82) is 0 Å². The molecule has 3 aliphatic carbocycles. The van der Waals surface area contributed by atoms with Gasteiger partial charge in [0, 0.05) is 29.4 Å². The summed E-state index contributed by atoms with van der Waals surface area (Å²) in [5.74, 6) is 2.49. The fourth-order valence-electron chi connectivity index (χ4n) is 4.87. The van der Waals surface area contributed by atoms with Crippen molar-refractivity contribution in [3.8, 4) is 11.5 Å². The van der Waals surface area contributed by atoms with E-state index in [4.69, 9.17) is 9.47 Å². The standard InChI is InChI=1S/C25H26O4/c1-28-19-9-7-16-5-6-17(25(27)22(16)13-19)11-18-12-24(18)29-20-10-8-15-3-2-4-23(26)21(15)14-20/h7-10,13-14,17-18,24H,2-6,11-12H2,1H3/t17?,18?,24-/m0/s1. The van der Waals surface area contributed by atoms with Crippen molar-refractivity contribution in [3.63, 3.8) is 0 Å². The number of carbonyl (C=O) groups is 2. The zero-order valence-electron chi connectivity index (χ0n) is 16.8. The topological polar surface area (TPSA) is 52.6 Å². The highest BCUT2D eigenvalue weighted by Crippen LogP contribution is 2.43. The molecule has 1 saturated carbocycles. The Morgan fingerprint density at radius 3 is 2.52 bits per heavy atom. The summed E-state index contributed by atoms with van der Waals surface area (Å²) in [4.78, 5) is 25.1. The van der Waals surface area contributed by atoms with Crippen molar-refractivity contribution >= 4 is 11.6 Å². The van der Waals surface area contributed by atoms with Gasteiger partial charge >= 0.3 is 0 Å². The SMILES string of the molecule is COc1ccc2c(c1)C(=O)C(CC1C[C@@H]1Oc1ccc3c(c1)C(=O)CCC3)CC2. The molecule has 29 heavy (non-hydrogen) atoms. The van der Waals surface area contributed by atoms with Crippen LogP contribution in [0.2, 0.25) is 0 Å². The minimum atomic E-state index is 0.0679. The Hall–Kier alpha value is -2.62. The highest BCUT2D eigenvalue weighted by Gasteiger charge is 2.43. The molecule has 150 valence electrons. The maximum Gasteiger partial charge on any atom is 0.166 e. The second-order valence-corrected chi connectivity index (χ2v) is 8.61. The monoisotopic (exact) mass is 390 g/mol. The first-order valence-electron chi connectivity index (χ1n) is 10.7. The minimum absolute atomic E-state index is 0.0679. The first-order chi connectivity index (χ1) is 14.1. The third kappa shape index (κ3) is 3.57. The minimum Gasteiger partial charge on any atom is -0.497 e. The molecule has 3 aliphatic rings. The van der Waals surface area contributed by atoms with Crippen LogP contribution in [-0.4, -0.2) is 24.8 Å². The summed E-state index contributed by atoms with van der Waals surface area (Å²) >= 11 is 0. The zero-order valence-corrected chi connectivity index (χ0v) is 16.8. The van der Waals surface area contributed by atoms with Crippen LogP contribution in [0, 0.1) is 11.8 Å². The van der Waals surface area contributed by atoms with Gasteiger partial charge < -0.3 is 9.47 Å². The van der Waals surface area contributed by atoms with Crippen molar-refractivity contribution in [2.45, 2.75) is 51.0 Å². The molecule has 0 radical (unpaired) electrons. The van der Waals surface area contributed by atoms with Crippen LogP contribution in [-0.2, 0) is 12.8 Å². The number of ketones is 2. The Labute approximate surface area is 171 Å². The molecule has 0 N–H and O–H groups in total. The van der Waals surface area contributed by atoms with E-state index < -0.39 is 0 Å². The lowest BCUT2D eigenvalue weighted by atomic mass is 9.80. The van der Waals surface area contributed by atoms with Crippen LogP contribution in [0.4, 0.5) is 0 Å². The van der Waals surface area contributed by atoms with Crippen LogP contribution in [0.3, 0.4) is 0 Å². The number of Topliss-reactive ketones (excluding diaryl/α,β-unsaturated/α-hetero) is 2. The van der Waals surface area contributed by atoms with Crippen molar-refractivity contribution < 1.29 is 19.1 Å². The molecule has 5 rings (SSSR count). The first-order valence-corrected chi connectivity index (χ1v) is 10.7. The van der Waals surface area contributed by atoms with E-state index in [0.717, 1.165) is 72.3 Å². The fraction of sp³-hybridized carbons (Fsp3) is 0.440. The van der Waals surface area contributed by atoms with Crippen molar-refractivity contribution in [2.75, 3.05) is 7.11 Å². The summed E-state index contributed by atoms with van der Waals surface area (Å²) in [6, 6.07) is 11.8. The van der Waals surface area contributed by atoms with Gasteiger partial charge in [-0.15, -0.1) is 0 Å². The van der Waals surface area contributed by atoms with E-state index in [9.17, 15) is 9.59 Å². The van der Waals surface area contributed by atoms with Crippen LogP contribution in [0.5, 0.6) is 11.5 Å². The number of rotatable bonds is 5. The predicted molar refractivity (Wildman–Crippen MR) is 110 cm³/mol. The number of hydrogen-bond acceptors (Lipinski definition) is 4. The summed E-state index contributed by atoms with van der Waals surface area (Å²) in [7, 11) is 1.63. The van der Waals surface area contributed by atoms with Crippen LogP contribution >= 0.6 is 0 Å². The molecule has 4 nitrogen and oxygen atoms in total. The van der Waals surface area contributed by atoms with Gasteiger partial charge in [0.15, 0.2) is 11.6 Å². The Morgan fingerprint density at radius 1 is 0.931 bits per heavy atom. The largest absolute Gasteiger partial charge is 0.497 e. The lowest BCUT2D eigenvalue weighted by molar-refractivity contribution is 0.0885. The molecule has 0 aliphatic heterocycles. The maximum absolute atomic E-state index is 13.0. The zero-order chi connectivity index (χ0) is 20.0. The van der Waals surface area contributed by atoms with E-state index in [1.807, 2.05) is 36.4 Å². The summed E-state index contributed by atoms with van der Waals surface area (Å²) in [5, 5.41) is 0. The number of benzene rings is 2. The van der Waals surface area contributed by atoms with Crippen LogP contribution in [0.25, 0.3) is 0 Å². The average molecular weight is 390 g/mol. The third-order valence-electron chi connectivity index (χ3n) is 6.68. The van der Waals surface area contributed by atoms with Gasteiger partial charge in [0.05, 0.1) is 7.11 Å². The first kappa shape index (κ1) is 18.4. The van der Waals surface area contributed by atoms with Crippen LogP contribution < -0.4 is 9.47 Å². The predicted octanol–water partition coefficient (Wildman–Crippen LogP) is 4.82. The second kappa shape index (κ2) is 7.33. The van der Waals surface area contributed by atoms with Gasteiger partial charge in [-0.1, -0.05) is 12.1 Å². The van der Waals surface area contributed by atoms with E-state index in [2.05, 4.69) is 0 Å². The van der Waals surface area contributed by atoms with Gasteiger partial charge in [0.1, 0.15) is 17.6 Å². The molecule has 0 amide bonds. The van der Waals surface area contributed by atoms with Crippen molar-refractivity contribution in [3.05, 3.63) is 58.7 Å². The number of hydrogen-bond donors (Lipinski definition) is 0. The number of methoxy groups -OCH3 is 1. The van der Waals surface area contributed by atoms with Gasteiger partial charge in [0.2, 0.25) is 0 Å². The van der Waals surface area contributed by atoms with E-state index in [1.54, 1.807) is 7.11 Å². The normalized spacial score (nSPS) is 25.2. The Morgan fingerprint density at radius 2 is 1.69 bits per heavy atom. The van der Waals surface area contributed by atoms with E-state index in [1.165, 1.54) is 0 Å². The number of aryl methyl sites for hydroxylation is 2. The highest BCUT2D eigenvalue weighted by atomic mass is 16.5. The smallest absolute Gasteiger partial charge is 0.166 e. The number of ether oxygens (including phenoxy) is 2. The maximum atomic E-state index is 13.0. The van der Waals surface area contributed by atoms with E-state index in [0.29, 0.717) is 12.3 Å². The van der Waals surface area contributed by atoms with Gasteiger partial charge in [-0.2, -0.15) is 0 Å². The van der Waals surface area contributed by atoms with E-state index >= 15 is 0 Å². The number of fused-ring (bicyclic) bond motifs is 2. The Balaban J connectivity index is 1.22. The van der Waals surface area contributed by atoms with Crippen molar-refractivity contribution in [2.24, 2.45) is 11.8 Å².